The van der Waals surface area contributed by atoms with E-state index in [1.54, 1.807) is 0 Å². The van der Waals surface area contributed by atoms with Crippen LogP contribution in [-0.4, -0.2) is 0 Å². The van der Waals surface area contributed by atoms with Gasteiger partial charge in [-0.25, -0.2) is 0 Å². The van der Waals surface area contributed by atoms with Crippen LogP contribution in [0.1, 0.15) is 0 Å². The Kier molecular flexibility index (Phi) is 5.57. The summed E-state index contributed by atoms with van der Waals surface area (Å²) < 4.78 is 12.9. The predicted octanol–water partition coefficient (Wildman–Crippen LogP) is 12.9. The van der Waals surface area contributed by atoms with E-state index in [1.807, 2.05) is 18.2 Å². The third kappa shape index (κ3) is 4.00. The van der Waals surface area contributed by atoms with Gasteiger partial charge in [0.2, 0.25) is 0 Å². The molecule has 0 spiro atoms. The minimum atomic E-state index is 0.866. The van der Waals surface area contributed by atoms with Gasteiger partial charge in [-0.3, -0.25) is 0 Å². The molecule has 8 aromatic carbocycles. The topological polar surface area (TPSA) is 29.5 Å². The third-order valence-electron chi connectivity index (χ3n) is 9.44. The van der Waals surface area contributed by atoms with Crippen molar-refractivity contribution < 1.29 is 8.83 Å². The van der Waals surface area contributed by atoms with Crippen molar-refractivity contribution in [2.75, 3.05) is 4.90 Å². The normalized spacial score (nSPS) is 11.8. The van der Waals surface area contributed by atoms with E-state index in [9.17, 15) is 0 Å². The van der Waals surface area contributed by atoms with Crippen molar-refractivity contribution in [3.05, 3.63) is 164 Å². The molecule has 10 rings (SSSR count). The van der Waals surface area contributed by atoms with Crippen LogP contribution in [0, 0.1) is 0 Å². The molecule has 10 aromatic rings. The van der Waals surface area contributed by atoms with Gasteiger partial charge in [0.25, 0.3) is 0 Å². The smallest absolute Gasteiger partial charge is 0.138 e. The Morgan fingerprint density at radius 1 is 0.340 bits per heavy atom. The first kappa shape index (κ1) is 26.0. The predicted molar refractivity (Wildman–Crippen MR) is 196 cm³/mol. The quantitative estimate of drug-likeness (QED) is 0.188. The Labute approximate surface area is 270 Å². The molecule has 0 radical (unpaired) electrons. The molecule has 0 N–H and O–H groups in total. The number of nitrogens with zero attached hydrogens (tertiary/aromatic N) is 1. The minimum absolute atomic E-state index is 0.866. The molecule has 0 saturated heterocycles. The van der Waals surface area contributed by atoms with Crippen LogP contribution < -0.4 is 4.90 Å². The first-order valence-corrected chi connectivity index (χ1v) is 15.9. The number of furan rings is 2. The first-order valence-electron chi connectivity index (χ1n) is 15.9. The molecule has 0 aliphatic rings. The molecule has 0 aliphatic heterocycles. The van der Waals surface area contributed by atoms with Gasteiger partial charge in [-0.2, -0.15) is 0 Å². The van der Waals surface area contributed by atoms with Crippen LogP contribution in [0.5, 0.6) is 0 Å². The van der Waals surface area contributed by atoms with Crippen molar-refractivity contribution in [2.45, 2.75) is 0 Å². The maximum Gasteiger partial charge on any atom is 0.138 e. The lowest BCUT2D eigenvalue weighted by atomic mass is 9.95. The van der Waals surface area contributed by atoms with E-state index in [1.165, 1.54) is 27.3 Å². The van der Waals surface area contributed by atoms with Crippen molar-refractivity contribution in [3.8, 4) is 11.1 Å². The second kappa shape index (κ2) is 10.1. The summed E-state index contributed by atoms with van der Waals surface area (Å²) in [6.45, 7) is 0. The number of para-hydroxylation sites is 2. The zero-order valence-electron chi connectivity index (χ0n) is 25.4. The summed E-state index contributed by atoms with van der Waals surface area (Å²) in [5.41, 5.74) is 9.04. The van der Waals surface area contributed by atoms with Gasteiger partial charge in [0.1, 0.15) is 22.3 Å². The van der Waals surface area contributed by atoms with Crippen molar-refractivity contribution in [3.63, 3.8) is 0 Å². The summed E-state index contributed by atoms with van der Waals surface area (Å²) in [5.74, 6) is 0. The van der Waals surface area contributed by atoms with Gasteiger partial charge in [0.15, 0.2) is 0 Å². The zero-order chi connectivity index (χ0) is 30.9. The second-order valence-electron chi connectivity index (χ2n) is 12.1. The molecular weight excluding hydrogens is 574 g/mol. The number of benzene rings is 8. The van der Waals surface area contributed by atoms with Crippen LogP contribution >= 0.6 is 0 Å². The molecule has 0 fully saturated rings. The molecule has 0 bridgehead atoms. The van der Waals surface area contributed by atoms with E-state index in [4.69, 9.17) is 8.83 Å². The van der Waals surface area contributed by atoms with Crippen LogP contribution in [0.15, 0.2) is 173 Å². The highest BCUT2D eigenvalue weighted by atomic mass is 16.3. The van der Waals surface area contributed by atoms with E-state index >= 15 is 0 Å². The van der Waals surface area contributed by atoms with Crippen molar-refractivity contribution in [1.29, 1.82) is 0 Å². The van der Waals surface area contributed by atoms with Gasteiger partial charge in [0, 0.05) is 49.8 Å². The number of hydrogen-bond donors (Lipinski definition) is 0. The molecule has 0 atom stereocenters. The monoisotopic (exact) mass is 601 g/mol. The summed E-state index contributed by atoms with van der Waals surface area (Å²) in [4.78, 5) is 2.36. The maximum absolute atomic E-state index is 6.62. The Balaban J connectivity index is 1.30. The maximum atomic E-state index is 6.62. The first-order chi connectivity index (χ1) is 23.3. The summed E-state index contributed by atoms with van der Waals surface area (Å²) in [6.07, 6.45) is 0. The third-order valence-corrected chi connectivity index (χ3v) is 9.44. The minimum Gasteiger partial charge on any atom is -0.456 e. The summed E-state index contributed by atoms with van der Waals surface area (Å²) in [7, 11) is 0. The highest BCUT2D eigenvalue weighted by Gasteiger charge is 2.22. The fourth-order valence-corrected chi connectivity index (χ4v) is 7.28. The summed E-state index contributed by atoms with van der Waals surface area (Å²) in [6, 6.07) is 57.8. The molecule has 0 unspecified atom stereocenters. The molecule has 3 heteroatoms. The number of anilines is 3. The lowest BCUT2D eigenvalue weighted by Crippen LogP contribution is -2.10. The second-order valence-corrected chi connectivity index (χ2v) is 12.1. The SMILES string of the molecule is c1ccc(-c2ccc(N(c3ccc4oc5ccccc5c4c3)c3cc4oc5ccccc5c4c4c3ccc3ccccc34)cc2)cc1. The van der Waals surface area contributed by atoms with Crippen LogP contribution in [0.3, 0.4) is 0 Å². The zero-order valence-corrected chi connectivity index (χ0v) is 25.4. The summed E-state index contributed by atoms with van der Waals surface area (Å²) >= 11 is 0. The Morgan fingerprint density at radius 2 is 0.957 bits per heavy atom. The lowest BCUT2D eigenvalue weighted by Gasteiger charge is -2.27. The molecule has 2 heterocycles. The Morgan fingerprint density at radius 3 is 1.79 bits per heavy atom. The van der Waals surface area contributed by atoms with Gasteiger partial charge in [-0.15, -0.1) is 0 Å². The average molecular weight is 602 g/mol. The fraction of sp³-hybridized carbons (Fsp3) is 0. The number of hydrogen-bond acceptors (Lipinski definition) is 3. The van der Waals surface area contributed by atoms with Crippen molar-refractivity contribution in [2.24, 2.45) is 0 Å². The number of fused-ring (bicyclic) bond motifs is 10. The van der Waals surface area contributed by atoms with E-state index in [0.717, 1.165) is 66.3 Å². The van der Waals surface area contributed by atoms with E-state index < -0.39 is 0 Å². The molecule has 47 heavy (non-hydrogen) atoms. The van der Waals surface area contributed by atoms with E-state index in [2.05, 4.69) is 150 Å². The van der Waals surface area contributed by atoms with E-state index in [-0.39, 0.29) is 0 Å². The molecule has 0 saturated carbocycles. The fourth-order valence-electron chi connectivity index (χ4n) is 7.28. The van der Waals surface area contributed by atoms with Crippen LogP contribution in [0.2, 0.25) is 0 Å². The highest BCUT2D eigenvalue weighted by molar-refractivity contribution is 6.29. The van der Waals surface area contributed by atoms with Crippen LogP contribution in [0.25, 0.3) is 76.5 Å². The largest absolute Gasteiger partial charge is 0.456 e. The van der Waals surface area contributed by atoms with Gasteiger partial charge in [-0.1, -0.05) is 115 Å². The Bertz CT molecular complexity index is 2790. The van der Waals surface area contributed by atoms with E-state index in [0.29, 0.717) is 0 Å². The Hall–Kier alpha value is -6.32. The molecule has 3 nitrogen and oxygen atoms in total. The molecule has 0 amide bonds. The van der Waals surface area contributed by atoms with Gasteiger partial charge >= 0.3 is 0 Å². The van der Waals surface area contributed by atoms with Crippen molar-refractivity contribution in [1.82, 2.24) is 0 Å². The molecule has 2 aromatic heterocycles. The summed E-state index contributed by atoms with van der Waals surface area (Å²) in [5, 5.41) is 9.23. The van der Waals surface area contributed by atoms with Crippen LogP contribution in [0.4, 0.5) is 17.1 Å². The average Bonchev–Trinajstić information content (AvgIpc) is 3.70. The van der Waals surface area contributed by atoms with Crippen molar-refractivity contribution >= 4 is 82.5 Å². The molecule has 220 valence electrons. The number of rotatable bonds is 4. The standard InChI is InChI=1S/C44H27NO2/c1-2-10-28(11-3-1)29-18-21-31(22-19-29)45(32-23-25-41-37(26-32)34-14-6-8-16-39(34)46-41)38-27-42-44(36-15-7-9-17-40(36)47-42)43-33-13-5-4-12-30(33)20-24-35(38)43/h1-27H. The lowest BCUT2D eigenvalue weighted by molar-refractivity contribution is 0.668. The highest BCUT2D eigenvalue weighted by Crippen LogP contribution is 2.47. The van der Waals surface area contributed by atoms with Gasteiger partial charge < -0.3 is 13.7 Å². The van der Waals surface area contributed by atoms with Gasteiger partial charge in [-0.05, 0) is 64.4 Å². The van der Waals surface area contributed by atoms with Crippen LogP contribution in [-0.2, 0) is 0 Å². The molecular formula is C44H27NO2. The van der Waals surface area contributed by atoms with Gasteiger partial charge in [0.05, 0.1) is 5.69 Å². The molecule has 0 aliphatic carbocycles.